The van der Waals surface area contributed by atoms with Gasteiger partial charge in [-0.15, -0.1) is 0 Å². The molecule has 0 bridgehead atoms. The monoisotopic (exact) mass is 293 g/mol. The first kappa shape index (κ1) is 14.6. The maximum absolute atomic E-state index is 11.9. The summed E-state index contributed by atoms with van der Waals surface area (Å²) in [4.78, 5) is 26.2. The number of fused-ring (bicyclic) bond motifs is 1. The molecular weight excluding hydrogens is 278 g/mol. The second-order valence-electron chi connectivity index (χ2n) is 4.99. The number of aromatic nitrogens is 1. The normalized spacial score (nSPS) is 12.7. The number of halogens is 1. The minimum Gasteiger partial charge on any atom is -0.329 e. The van der Waals surface area contributed by atoms with E-state index in [2.05, 4.69) is 10.3 Å². The van der Waals surface area contributed by atoms with Gasteiger partial charge in [0.15, 0.2) is 0 Å². The average Bonchev–Trinajstić information content (AvgIpc) is 2.39. The van der Waals surface area contributed by atoms with Crippen molar-refractivity contribution in [2.45, 2.75) is 19.9 Å². The predicted octanol–water partition coefficient (Wildman–Crippen LogP) is 2.10. The topological polar surface area (TPSA) is 88.0 Å². The smallest absolute Gasteiger partial charge is 0.255 e. The van der Waals surface area contributed by atoms with E-state index in [1.807, 2.05) is 13.8 Å². The molecule has 0 saturated carbocycles. The maximum Gasteiger partial charge on any atom is 0.255 e. The third kappa shape index (κ3) is 2.84. The van der Waals surface area contributed by atoms with E-state index in [9.17, 15) is 9.59 Å². The lowest BCUT2D eigenvalue weighted by atomic mass is 10.0. The molecule has 5 nitrogen and oxygen atoms in total. The molecule has 1 aromatic carbocycles. The Morgan fingerprint density at radius 2 is 2.10 bits per heavy atom. The SMILES string of the molecule is CC(C)[C@@H](N)C(=O)Nc1cc2cc[nH]c(=O)c2cc1Cl. The van der Waals surface area contributed by atoms with Gasteiger partial charge in [0.25, 0.3) is 5.56 Å². The minimum atomic E-state index is -0.610. The quantitative estimate of drug-likeness (QED) is 0.810. The zero-order chi connectivity index (χ0) is 14.9. The Balaban J connectivity index is 2.38. The van der Waals surface area contributed by atoms with Crippen molar-refractivity contribution in [3.05, 3.63) is 39.8 Å². The van der Waals surface area contributed by atoms with Crippen LogP contribution in [0.2, 0.25) is 5.02 Å². The van der Waals surface area contributed by atoms with Gasteiger partial charge < -0.3 is 16.0 Å². The van der Waals surface area contributed by atoms with Gasteiger partial charge in [0.05, 0.1) is 16.8 Å². The van der Waals surface area contributed by atoms with Crippen molar-refractivity contribution < 1.29 is 4.79 Å². The van der Waals surface area contributed by atoms with Crippen molar-refractivity contribution in [2.24, 2.45) is 11.7 Å². The predicted molar refractivity (Wildman–Crippen MR) is 81.0 cm³/mol. The van der Waals surface area contributed by atoms with Crippen molar-refractivity contribution in [3.63, 3.8) is 0 Å². The number of hydrogen-bond donors (Lipinski definition) is 3. The lowest BCUT2D eigenvalue weighted by Gasteiger charge is -2.16. The van der Waals surface area contributed by atoms with E-state index in [0.29, 0.717) is 21.5 Å². The standard InChI is InChI=1S/C14H16ClN3O2/c1-7(2)12(16)14(20)18-11-5-8-3-4-17-13(19)9(8)6-10(11)15/h3-7,12H,16H2,1-2H3,(H,17,19)(H,18,20)/t12-/m1/s1. The number of nitrogens with one attached hydrogen (secondary N) is 2. The third-order valence-corrected chi connectivity index (χ3v) is 3.45. The Kier molecular flexibility index (Phi) is 4.11. The van der Waals surface area contributed by atoms with Crippen LogP contribution in [0.25, 0.3) is 10.8 Å². The Morgan fingerprint density at radius 3 is 2.75 bits per heavy atom. The summed E-state index contributed by atoms with van der Waals surface area (Å²) in [5, 5.41) is 4.18. The largest absolute Gasteiger partial charge is 0.329 e. The third-order valence-electron chi connectivity index (χ3n) is 3.14. The van der Waals surface area contributed by atoms with E-state index >= 15 is 0 Å². The van der Waals surface area contributed by atoms with Crippen LogP contribution in [0.15, 0.2) is 29.2 Å². The molecule has 1 atom stereocenters. The lowest BCUT2D eigenvalue weighted by molar-refractivity contribution is -0.118. The maximum atomic E-state index is 11.9. The highest BCUT2D eigenvalue weighted by atomic mass is 35.5. The molecule has 0 unspecified atom stereocenters. The Labute approximate surface area is 121 Å². The second-order valence-corrected chi connectivity index (χ2v) is 5.39. The number of rotatable bonds is 3. The number of carbonyl (C=O) groups is 1. The Bertz CT molecular complexity index is 709. The van der Waals surface area contributed by atoms with Crippen LogP contribution in [0.4, 0.5) is 5.69 Å². The van der Waals surface area contributed by atoms with Crippen LogP contribution in [0, 0.1) is 5.92 Å². The molecule has 4 N–H and O–H groups in total. The molecule has 0 aliphatic heterocycles. The summed E-state index contributed by atoms with van der Waals surface area (Å²) in [7, 11) is 0. The number of nitrogens with two attached hydrogens (primary N) is 1. The minimum absolute atomic E-state index is 0.0251. The number of hydrogen-bond acceptors (Lipinski definition) is 3. The first-order valence-corrected chi connectivity index (χ1v) is 6.65. The highest BCUT2D eigenvalue weighted by Crippen LogP contribution is 2.26. The summed E-state index contributed by atoms with van der Waals surface area (Å²) < 4.78 is 0. The van der Waals surface area contributed by atoms with Gasteiger partial charge in [0.2, 0.25) is 5.91 Å². The van der Waals surface area contributed by atoms with Gasteiger partial charge in [0, 0.05) is 11.6 Å². The van der Waals surface area contributed by atoms with Crippen LogP contribution in [0.1, 0.15) is 13.8 Å². The first-order chi connectivity index (χ1) is 9.40. The summed E-state index contributed by atoms with van der Waals surface area (Å²) in [5.41, 5.74) is 6.01. The van der Waals surface area contributed by atoms with Crippen molar-refractivity contribution in [3.8, 4) is 0 Å². The van der Waals surface area contributed by atoms with Crippen LogP contribution in [0.5, 0.6) is 0 Å². The number of pyridine rings is 1. The molecule has 1 heterocycles. The summed E-state index contributed by atoms with van der Waals surface area (Å²) in [6.07, 6.45) is 1.55. The fourth-order valence-electron chi connectivity index (χ4n) is 1.82. The van der Waals surface area contributed by atoms with Crippen molar-refractivity contribution in [1.29, 1.82) is 0 Å². The second kappa shape index (κ2) is 5.64. The number of benzene rings is 1. The van der Waals surface area contributed by atoms with Crippen LogP contribution in [-0.2, 0) is 4.79 Å². The zero-order valence-corrected chi connectivity index (χ0v) is 12.0. The van der Waals surface area contributed by atoms with Crippen molar-refractivity contribution >= 4 is 34.0 Å². The van der Waals surface area contributed by atoms with E-state index in [-0.39, 0.29) is 17.4 Å². The molecule has 0 aliphatic rings. The van der Waals surface area contributed by atoms with Gasteiger partial charge in [-0.2, -0.15) is 0 Å². The Morgan fingerprint density at radius 1 is 1.40 bits per heavy atom. The van der Waals surface area contributed by atoms with Crippen LogP contribution >= 0.6 is 11.6 Å². The van der Waals surface area contributed by atoms with Gasteiger partial charge in [-0.05, 0) is 29.5 Å². The summed E-state index contributed by atoms with van der Waals surface area (Å²) in [6.45, 7) is 3.73. The summed E-state index contributed by atoms with van der Waals surface area (Å²) >= 11 is 6.10. The highest BCUT2D eigenvalue weighted by molar-refractivity contribution is 6.34. The molecule has 20 heavy (non-hydrogen) atoms. The van der Waals surface area contributed by atoms with Crippen molar-refractivity contribution in [1.82, 2.24) is 4.98 Å². The molecule has 6 heteroatoms. The van der Waals surface area contributed by atoms with Gasteiger partial charge in [-0.25, -0.2) is 0 Å². The molecule has 0 saturated heterocycles. The van der Waals surface area contributed by atoms with Crippen molar-refractivity contribution in [2.75, 3.05) is 5.32 Å². The fraction of sp³-hybridized carbons (Fsp3) is 0.286. The summed E-state index contributed by atoms with van der Waals surface area (Å²) in [5.74, 6) is -0.275. The van der Waals surface area contributed by atoms with Crippen LogP contribution < -0.4 is 16.6 Å². The molecular formula is C14H16ClN3O2. The molecule has 2 aromatic rings. The van der Waals surface area contributed by atoms with Crippen LogP contribution in [0.3, 0.4) is 0 Å². The van der Waals surface area contributed by atoms with Gasteiger partial charge in [-0.1, -0.05) is 25.4 Å². The highest BCUT2D eigenvalue weighted by Gasteiger charge is 2.18. The molecule has 1 aromatic heterocycles. The van der Waals surface area contributed by atoms with E-state index in [1.165, 1.54) is 6.07 Å². The van der Waals surface area contributed by atoms with E-state index < -0.39 is 6.04 Å². The van der Waals surface area contributed by atoms with E-state index in [4.69, 9.17) is 17.3 Å². The average molecular weight is 294 g/mol. The fourth-order valence-corrected chi connectivity index (χ4v) is 2.03. The van der Waals surface area contributed by atoms with Gasteiger partial charge in [-0.3, -0.25) is 9.59 Å². The number of anilines is 1. The lowest BCUT2D eigenvalue weighted by Crippen LogP contribution is -2.39. The van der Waals surface area contributed by atoms with Gasteiger partial charge in [0.1, 0.15) is 0 Å². The van der Waals surface area contributed by atoms with Crippen LogP contribution in [-0.4, -0.2) is 16.9 Å². The number of aromatic amines is 1. The molecule has 0 spiro atoms. The number of amides is 1. The Hall–Kier alpha value is -1.85. The van der Waals surface area contributed by atoms with Gasteiger partial charge >= 0.3 is 0 Å². The first-order valence-electron chi connectivity index (χ1n) is 6.27. The number of H-pyrrole nitrogens is 1. The molecule has 0 aliphatic carbocycles. The molecule has 106 valence electrons. The number of carbonyl (C=O) groups excluding carboxylic acids is 1. The summed E-state index contributed by atoms with van der Waals surface area (Å²) in [6, 6.07) is 4.33. The molecule has 0 radical (unpaired) electrons. The van der Waals surface area contributed by atoms with E-state index in [0.717, 1.165) is 0 Å². The molecule has 0 fully saturated rings. The zero-order valence-electron chi connectivity index (χ0n) is 11.2. The molecule has 1 amide bonds. The molecule has 2 rings (SSSR count). The van der Waals surface area contributed by atoms with E-state index in [1.54, 1.807) is 18.3 Å².